The number of guanidine groups is 1. The summed E-state index contributed by atoms with van der Waals surface area (Å²) >= 11 is 0. The molecule has 2 rings (SSSR count). The van der Waals surface area contributed by atoms with Gasteiger partial charge >= 0.3 is 0 Å². The third kappa shape index (κ3) is 8.30. The van der Waals surface area contributed by atoms with Gasteiger partial charge < -0.3 is 10.6 Å². The minimum absolute atomic E-state index is 0.185. The Morgan fingerprint density at radius 1 is 1.30 bits per heavy atom. The van der Waals surface area contributed by atoms with Crippen molar-refractivity contribution in [3.63, 3.8) is 0 Å². The summed E-state index contributed by atoms with van der Waals surface area (Å²) in [6, 6.07) is 11.5. The molecule has 1 aromatic carbocycles. The number of nitrogens with zero attached hydrogens (tertiary/aromatic N) is 2. The summed E-state index contributed by atoms with van der Waals surface area (Å²) in [6.07, 6.45) is 3.97. The van der Waals surface area contributed by atoms with Gasteiger partial charge in [-0.15, -0.1) is 0 Å². The minimum Gasteiger partial charge on any atom is -0.357 e. The molecular formula is C20H34N4O2S. The van der Waals surface area contributed by atoms with Crippen LogP contribution in [0, 0.1) is 0 Å². The van der Waals surface area contributed by atoms with Crippen molar-refractivity contribution in [1.82, 2.24) is 15.5 Å². The second-order valence-corrected chi connectivity index (χ2v) is 9.67. The van der Waals surface area contributed by atoms with E-state index in [0.29, 0.717) is 25.0 Å². The van der Waals surface area contributed by atoms with Crippen molar-refractivity contribution < 1.29 is 8.42 Å². The van der Waals surface area contributed by atoms with E-state index in [0.717, 1.165) is 38.4 Å². The molecule has 6 nitrogen and oxygen atoms in total. The minimum atomic E-state index is -2.92. The molecule has 0 aliphatic carbocycles. The molecule has 1 aromatic rings. The standard InChI is InChI=1S/C20H34N4O2S/c1-4-21-20(22-12-8-14-27(3,25)26)23-19-11-13-24(17(2)15-19)16-18-9-6-5-7-10-18/h5-7,9-10,17,19H,4,8,11-16H2,1-3H3,(H2,21,22,23). The van der Waals surface area contributed by atoms with Crippen LogP contribution >= 0.6 is 0 Å². The van der Waals surface area contributed by atoms with Crippen LogP contribution in [0.2, 0.25) is 0 Å². The van der Waals surface area contributed by atoms with Crippen molar-refractivity contribution in [3.8, 4) is 0 Å². The molecule has 0 amide bonds. The van der Waals surface area contributed by atoms with Gasteiger partial charge in [0.05, 0.1) is 5.75 Å². The molecule has 1 aliphatic rings. The van der Waals surface area contributed by atoms with Crippen LogP contribution in [0.3, 0.4) is 0 Å². The number of rotatable bonds is 8. The number of hydrogen-bond acceptors (Lipinski definition) is 4. The van der Waals surface area contributed by atoms with Gasteiger partial charge in [0.2, 0.25) is 0 Å². The molecule has 0 saturated carbocycles. The topological polar surface area (TPSA) is 73.8 Å². The Kier molecular flexibility index (Phi) is 8.57. The number of nitrogens with one attached hydrogen (secondary N) is 2. The molecule has 0 spiro atoms. The SMILES string of the molecule is CCNC(=NCCCS(C)(=O)=O)NC1CCN(Cc2ccccc2)C(C)C1. The number of benzene rings is 1. The summed E-state index contributed by atoms with van der Waals surface area (Å²) in [6.45, 7) is 7.69. The first kappa shape index (κ1) is 21.7. The maximum Gasteiger partial charge on any atom is 0.191 e. The van der Waals surface area contributed by atoms with E-state index < -0.39 is 9.84 Å². The maximum absolute atomic E-state index is 11.2. The molecule has 27 heavy (non-hydrogen) atoms. The first-order valence-corrected chi connectivity index (χ1v) is 11.9. The Morgan fingerprint density at radius 2 is 2.04 bits per heavy atom. The van der Waals surface area contributed by atoms with Gasteiger partial charge in [-0.05, 0) is 38.7 Å². The van der Waals surface area contributed by atoms with Crippen molar-refractivity contribution >= 4 is 15.8 Å². The summed E-state index contributed by atoms with van der Waals surface area (Å²) in [5, 5.41) is 6.80. The van der Waals surface area contributed by atoms with E-state index in [9.17, 15) is 8.42 Å². The molecule has 1 aliphatic heterocycles. The van der Waals surface area contributed by atoms with Crippen LogP contribution in [0.4, 0.5) is 0 Å². The molecule has 2 N–H and O–H groups in total. The molecule has 2 atom stereocenters. The molecule has 0 bridgehead atoms. The smallest absolute Gasteiger partial charge is 0.191 e. The fourth-order valence-electron chi connectivity index (χ4n) is 3.44. The summed E-state index contributed by atoms with van der Waals surface area (Å²) in [5.41, 5.74) is 1.36. The molecule has 152 valence electrons. The highest BCUT2D eigenvalue weighted by Crippen LogP contribution is 2.19. The highest BCUT2D eigenvalue weighted by molar-refractivity contribution is 7.90. The lowest BCUT2D eigenvalue weighted by molar-refractivity contribution is 0.134. The second kappa shape index (κ2) is 10.7. The van der Waals surface area contributed by atoms with E-state index in [1.54, 1.807) is 0 Å². The zero-order valence-electron chi connectivity index (χ0n) is 16.8. The van der Waals surface area contributed by atoms with E-state index in [1.165, 1.54) is 11.8 Å². The Balaban J connectivity index is 1.83. The third-order valence-electron chi connectivity index (χ3n) is 4.87. The van der Waals surface area contributed by atoms with Gasteiger partial charge in [-0.25, -0.2) is 8.42 Å². The largest absolute Gasteiger partial charge is 0.357 e. The molecule has 1 saturated heterocycles. The van der Waals surface area contributed by atoms with Crippen LogP contribution in [-0.2, 0) is 16.4 Å². The zero-order valence-corrected chi connectivity index (χ0v) is 17.6. The molecular weight excluding hydrogens is 360 g/mol. The van der Waals surface area contributed by atoms with Gasteiger partial charge in [-0.1, -0.05) is 30.3 Å². The van der Waals surface area contributed by atoms with Crippen LogP contribution in [0.25, 0.3) is 0 Å². The van der Waals surface area contributed by atoms with Gasteiger partial charge in [0, 0.05) is 44.5 Å². The number of hydrogen-bond donors (Lipinski definition) is 2. The average molecular weight is 395 g/mol. The first-order valence-electron chi connectivity index (χ1n) is 9.88. The average Bonchev–Trinajstić information content (AvgIpc) is 2.61. The summed E-state index contributed by atoms with van der Waals surface area (Å²) < 4.78 is 22.5. The van der Waals surface area contributed by atoms with Crippen LogP contribution in [0.15, 0.2) is 35.3 Å². The van der Waals surface area contributed by atoms with Gasteiger partial charge in [0.25, 0.3) is 0 Å². The van der Waals surface area contributed by atoms with Crippen molar-refractivity contribution in [2.24, 2.45) is 4.99 Å². The van der Waals surface area contributed by atoms with Gasteiger partial charge in [0.1, 0.15) is 9.84 Å². The Bertz CT molecular complexity index is 691. The zero-order chi connectivity index (χ0) is 19.7. The van der Waals surface area contributed by atoms with Crippen LogP contribution in [0.5, 0.6) is 0 Å². The van der Waals surface area contributed by atoms with Crippen LogP contribution < -0.4 is 10.6 Å². The predicted molar refractivity (Wildman–Crippen MR) is 113 cm³/mol. The lowest BCUT2D eigenvalue weighted by atomic mass is 9.97. The highest BCUT2D eigenvalue weighted by atomic mass is 32.2. The number of sulfone groups is 1. The number of aliphatic imine (C=N–C) groups is 1. The lowest BCUT2D eigenvalue weighted by Gasteiger charge is -2.38. The Hall–Kier alpha value is -1.60. The van der Waals surface area contributed by atoms with E-state index in [1.807, 2.05) is 6.92 Å². The van der Waals surface area contributed by atoms with Crippen molar-refractivity contribution in [3.05, 3.63) is 35.9 Å². The summed E-state index contributed by atoms with van der Waals surface area (Å²) in [5.74, 6) is 0.977. The summed E-state index contributed by atoms with van der Waals surface area (Å²) in [7, 11) is -2.92. The maximum atomic E-state index is 11.2. The van der Waals surface area contributed by atoms with E-state index in [-0.39, 0.29) is 5.75 Å². The highest BCUT2D eigenvalue weighted by Gasteiger charge is 2.25. The predicted octanol–water partition coefficient (Wildman–Crippen LogP) is 2.03. The Labute approximate surface area is 164 Å². The molecule has 1 heterocycles. The number of likely N-dealkylation sites (tertiary alicyclic amines) is 1. The van der Waals surface area contributed by atoms with Gasteiger partial charge in [-0.2, -0.15) is 0 Å². The molecule has 0 radical (unpaired) electrons. The molecule has 1 fully saturated rings. The first-order chi connectivity index (χ1) is 12.9. The molecule has 0 aromatic heterocycles. The monoisotopic (exact) mass is 394 g/mol. The molecule has 7 heteroatoms. The van der Waals surface area contributed by atoms with Crippen molar-refractivity contribution in [1.29, 1.82) is 0 Å². The van der Waals surface area contributed by atoms with Crippen molar-refractivity contribution in [2.45, 2.75) is 51.7 Å². The van der Waals surface area contributed by atoms with E-state index in [4.69, 9.17) is 0 Å². The third-order valence-corrected chi connectivity index (χ3v) is 5.90. The number of piperidine rings is 1. The van der Waals surface area contributed by atoms with Gasteiger partial charge in [-0.3, -0.25) is 9.89 Å². The summed E-state index contributed by atoms with van der Waals surface area (Å²) in [4.78, 5) is 7.07. The van der Waals surface area contributed by atoms with Crippen LogP contribution in [0.1, 0.15) is 38.7 Å². The quantitative estimate of drug-likeness (QED) is 0.401. The fourth-order valence-corrected chi connectivity index (χ4v) is 4.09. The van der Waals surface area contributed by atoms with Crippen LogP contribution in [-0.4, -0.2) is 63.0 Å². The molecule has 2 unspecified atom stereocenters. The Morgan fingerprint density at radius 3 is 2.67 bits per heavy atom. The van der Waals surface area contributed by atoms with E-state index >= 15 is 0 Å². The van der Waals surface area contributed by atoms with Crippen molar-refractivity contribution in [2.75, 3.05) is 31.6 Å². The van der Waals surface area contributed by atoms with Gasteiger partial charge in [0.15, 0.2) is 5.96 Å². The normalized spacial score (nSPS) is 21.8. The second-order valence-electron chi connectivity index (χ2n) is 7.41. The lowest BCUT2D eigenvalue weighted by Crippen LogP contribution is -2.51. The fraction of sp³-hybridized carbons (Fsp3) is 0.650. The van der Waals surface area contributed by atoms with E-state index in [2.05, 4.69) is 57.8 Å².